The maximum Gasteiger partial charge on any atom is 0.314 e. The summed E-state index contributed by atoms with van der Waals surface area (Å²) in [5.41, 5.74) is 2.11. The van der Waals surface area contributed by atoms with Crippen molar-refractivity contribution in [3.8, 4) is 0 Å². The van der Waals surface area contributed by atoms with Gasteiger partial charge >= 0.3 is 11.1 Å². The van der Waals surface area contributed by atoms with Gasteiger partial charge in [0.1, 0.15) is 6.54 Å². The number of nitrogens with one attached hydrogen (secondary N) is 3. The number of carbonyl (C=O) groups is 1. The van der Waals surface area contributed by atoms with E-state index in [1.54, 1.807) is 18.2 Å². The van der Waals surface area contributed by atoms with E-state index in [0.29, 0.717) is 16.7 Å². The summed E-state index contributed by atoms with van der Waals surface area (Å²) in [5.74, 6) is -0.168. The van der Waals surface area contributed by atoms with Crippen LogP contribution in [-0.2, 0) is 11.3 Å². The van der Waals surface area contributed by atoms with Crippen LogP contribution in [-0.4, -0.2) is 20.4 Å². The molecule has 0 saturated carbocycles. The van der Waals surface area contributed by atoms with Gasteiger partial charge in [-0.1, -0.05) is 0 Å². The Morgan fingerprint density at radius 3 is 2.26 bits per heavy atom. The van der Waals surface area contributed by atoms with E-state index in [0.717, 1.165) is 11.4 Å². The average molecular weight is 312 g/mol. The lowest BCUT2D eigenvalue weighted by Gasteiger charge is -2.10. The van der Waals surface area contributed by atoms with Gasteiger partial charge < -0.3 is 19.9 Å². The van der Waals surface area contributed by atoms with Crippen LogP contribution in [0.4, 0.5) is 5.69 Å². The Hall–Kier alpha value is -3.09. The van der Waals surface area contributed by atoms with Crippen molar-refractivity contribution in [2.75, 3.05) is 5.32 Å². The summed E-state index contributed by atoms with van der Waals surface area (Å²) in [5, 5.41) is 2.79. The van der Waals surface area contributed by atoms with Crippen molar-refractivity contribution in [3.63, 3.8) is 0 Å². The molecule has 0 aliphatic heterocycles. The molecule has 3 aromatic rings. The lowest BCUT2D eigenvalue weighted by Crippen LogP contribution is -2.29. The van der Waals surface area contributed by atoms with Gasteiger partial charge in [0.15, 0.2) is 0 Å². The van der Waals surface area contributed by atoms with Crippen molar-refractivity contribution in [2.45, 2.75) is 20.4 Å². The van der Waals surface area contributed by atoms with Crippen molar-refractivity contribution in [2.24, 2.45) is 0 Å². The number of hydrogen-bond acceptors (Lipinski definition) is 3. The van der Waals surface area contributed by atoms with Gasteiger partial charge in [-0.3, -0.25) is 14.4 Å². The molecule has 3 rings (SSSR count). The summed E-state index contributed by atoms with van der Waals surface area (Å²) in [6.07, 6.45) is 0. The topological polar surface area (TPSA) is 99.8 Å². The third-order valence-corrected chi connectivity index (χ3v) is 3.72. The molecule has 3 N–H and O–H groups in total. The predicted molar refractivity (Wildman–Crippen MR) is 87.7 cm³/mol. The first-order valence-corrected chi connectivity index (χ1v) is 7.13. The minimum absolute atomic E-state index is 0.168. The smallest absolute Gasteiger partial charge is 0.314 e. The van der Waals surface area contributed by atoms with E-state index in [1.165, 1.54) is 0 Å². The second-order valence-electron chi connectivity index (χ2n) is 5.42. The lowest BCUT2D eigenvalue weighted by atomic mass is 10.2. The number of rotatable bonds is 3. The van der Waals surface area contributed by atoms with E-state index < -0.39 is 11.1 Å². The summed E-state index contributed by atoms with van der Waals surface area (Å²) in [4.78, 5) is 39.8. The van der Waals surface area contributed by atoms with Crippen LogP contribution < -0.4 is 16.4 Å². The monoisotopic (exact) mass is 312 g/mol. The highest BCUT2D eigenvalue weighted by molar-refractivity contribution is 5.92. The number of aromatic amines is 2. The Morgan fingerprint density at radius 2 is 1.61 bits per heavy atom. The number of nitrogens with zero attached hydrogens (tertiary/aromatic N) is 1. The normalized spacial score (nSPS) is 10.9. The zero-order valence-electron chi connectivity index (χ0n) is 12.8. The first-order chi connectivity index (χ1) is 10.9. The predicted octanol–water partition coefficient (Wildman–Crippen LogP) is 1.27. The summed E-state index contributed by atoms with van der Waals surface area (Å²) in [6, 6.07) is 8.83. The minimum atomic E-state index is -0.723. The molecule has 1 amide bonds. The number of aryl methyl sites for hydroxylation is 2. The summed E-state index contributed by atoms with van der Waals surface area (Å²) in [7, 11) is 0. The van der Waals surface area contributed by atoms with Crippen molar-refractivity contribution in [1.82, 2.24) is 14.5 Å². The van der Waals surface area contributed by atoms with E-state index in [9.17, 15) is 14.4 Å². The fourth-order valence-corrected chi connectivity index (χ4v) is 2.49. The highest BCUT2D eigenvalue weighted by atomic mass is 16.2. The van der Waals surface area contributed by atoms with Gasteiger partial charge in [0, 0.05) is 17.1 Å². The maximum absolute atomic E-state index is 12.2. The molecule has 0 radical (unpaired) electrons. The molecular formula is C16H16N4O3. The molecule has 2 heterocycles. The highest BCUT2D eigenvalue weighted by Crippen LogP contribution is 2.14. The Kier molecular flexibility index (Phi) is 3.61. The molecular weight excluding hydrogens is 296 g/mol. The Bertz CT molecular complexity index is 991. The standard InChI is InChI=1S/C16H16N4O3/c1-9-3-4-10(2)20(9)8-14(21)17-11-5-6-12-13(7-11)19-16(23)15(22)18-12/h3-7H,8H2,1-2H3,(H,17,21)(H,18,22)(H,19,23). The Labute approximate surface area is 131 Å². The largest absolute Gasteiger partial charge is 0.340 e. The molecule has 0 saturated heterocycles. The summed E-state index contributed by atoms with van der Waals surface area (Å²) in [6.45, 7) is 4.10. The quantitative estimate of drug-likeness (QED) is 0.635. The van der Waals surface area contributed by atoms with Gasteiger partial charge in [0.05, 0.1) is 11.0 Å². The molecule has 2 aromatic heterocycles. The van der Waals surface area contributed by atoms with Crippen molar-refractivity contribution < 1.29 is 4.79 Å². The van der Waals surface area contributed by atoms with Crippen LogP contribution in [0.25, 0.3) is 11.0 Å². The number of H-pyrrole nitrogens is 2. The van der Waals surface area contributed by atoms with Gasteiger partial charge in [-0.2, -0.15) is 0 Å². The molecule has 7 nitrogen and oxygen atoms in total. The molecule has 23 heavy (non-hydrogen) atoms. The van der Waals surface area contributed by atoms with Crippen molar-refractivity contribution in [3.05, 3.63) is 62.4 Å². The van der Waals surface area contributed by atoms with Crippen LogP contribution in [0, 0.1) is 13.8 Å². The first kappa shape index (κ1) is 14.8. The molecule has 0 spiro atoms. The number of hydrogen-bond donors (Lipinski definition) is 3. The van der Waals surface area contributed by atoms with Crippen molar-refractivity contribution >= 4 is 22.6 Å². The minimum Gasteiger partial charge on any atom is -0.340 e. The Balaban J connectivity index is 1.84. The van der Waals surface area contributed by atoms with Crippen LogP contribution in [0.2, 0.25) is 0 Å². The molecule has 0 unspecified atom stereocenters. The zero-order chi connectivity index (χ0) is 16.6. The highest BCUT2D eigenvalue weighted by Gasteiger charge is 2.08. The lowest BCUT2D eigenvalue weighted by molar-refractivity contribution is -0.116. The summed E-state index contributed by atoms with van der Waals surface area (Å²) >= 11 is 0. The van der Waals surface area contributed by atoms with Gasteiger partial charge in [0.2, 0.25) is 5.91 Å². The second-order valence-corrected chi connectivity index (χ2v) is 5.42. The van der Waals surface area contributed by atoms with Crippen LogP contribution in [0.1, 0.15) is 11.4 Å². The number of benzene rings is 1. The summed E-state index contributed by atoms with van der Waals surface area (Å²) < 4.78 is 1.91. The molecule has 0 aliphatic carbocycles. The maximum atomic E-state index is 12.2. The first-order valence-electron chi connectivity index (χ1n) is 7.13. The van der Waals surface area contributed by atoms with Gasteiger partial charge in [-0.25, -0.2) is 0 Å². The van der Waals surface area contributed by atoms with E-state index >= 15 is 0 Å². The van der Waals surface area contributed by atoms with E-state index in [1.807, 2.05) is 30.5 Å². The molecule has 0 atom stereocenters. The SMILES string of the molecule is Cc1ccc(C)n1CC(=O)Nc1ccc2[nH]c(=O)c(=O)[nH]c2c1. The molecule has 7 heteroatoms. The third-order valence-electron chi connectivity index (χ3n) is 3.72. The average Bonchev–Trinajstić information content (AvgIpc) is 2.80. The molecule has 118 valence electrons. The van der Waals surface area contributed by atoms with Crippen LogP contribution in [0.3, 0.4) is 0 Å². The number of carbonyl (C=O) groups excluding carboxylic acids is 1. The van der Waals surface area contributed by atoms with Gasteiger partial charge in [0.25, 0.3) is 0 Å². The van der Waals surface area contributed by atoms with Crippen LogP contribution in [0.15, 0.2) is 39.9 Å². The third kappa shape index (κ3) is 2.94. The molecule has 1 aromatic carbocycles. The van der Waals surface area contributed by atoms with E-state index in [4.69, 9.17) is 0 Å². The number of aromatic nitrogens is 3. The Morgan fingerprint density at radius 1 is 1.00 bits per heavy atom. The number of fused-ring (bicyclic) bond motifs is 1. The molecule has 0 fully saturated rings. The van der Waals surface area contributed by atoms with Crippen LogP contribution in [0.5, 0.6) is 0 Å². The number of anilines is 1. The van der Waals surface area contributed by atoms with Crippen LogP contribution >= 0.6 is 0 Å². The van der Waals surface area contributed by atoms with Gasteiger partial charge in [-0.15, -0.1) is 0 Å². The van der Waals surface area contributed by atoms with Crippen molar-refractivity contribution in [1.29, 1.82) is 0 Å². The fraction of sp³-hybridized carbons (Fsp3) is 0.188. The zero-order valence-corrected chi connectivity index (χ0v) is 12.8. The number of amides is 1. The fourth-order valence-electron chi connectivity index (χ4n) is 2.49. The van der Waals surface area contributed by atoms with E-state index in [2.05, 4.69) is 15.3 Å². The second kappa shape index (κ2) is 5.60. The molecule has 0 aliphatic rings. The van der Waals surface area contributed by atoms with E-state index in [-0.39, 0.29) is 12.5 Å². The van der Waals surface area contributed by atoms with Gasteiger partial charge in [-0.05, 0) is 44.2 Å². The molecule has 0 bridgehead atoms.